The molecule has 8 heteroatoms. The molecule has 3 nitrogen and oxygen atoms in total. The summed E-state index contributed by atoms with van der Waals surface area (Å²) < 4.78 is 51.7. The number of nitrogens with zero attached hydrogens (tertiary/aromatic N) is 1. The van der Waals surface area contributed by atoms with Gasteiger partial charge in [-0.2, -0.15) is 24.9 Å². The lowest BCUT2D eigenvalue weighted by molar-refractivity contribution is -0.138. The van der Waals surface area contributed by atoms with Gasteiger partial charge in [0, 0.05) is 18.8 Å². The number of hydrogen-bond acceptors (Lipinski definition) is 2. The van der Waals surface area contributed by atoms with Crippen molar-refractivity contribution in [2.75, 3.05) is 25.1 Å². The highest BCUT2D eigenvalue weighted by molar-refractivity contribution is 7.98. The summed E-state index contributed by atoms with van der Waals surface area (Å²) in [6.07, 6.45) is -2.64. The number of rotatable bonds is 6. The number of thioether (sulfide) groups is 1. The lowest BCUT2D eigenvalue weighted by Gasteiger charge is -2.13. The van der Waals surface area contributed by atoms with Crippen LogP contribution >= 0.6 is 11.8 Å². The zero-order chi connectivity index (χ0) is 16.6. The molecule has 0 bridgehead atoms. The molecule has 0 aliphatic carbocycles. The fourth-order valence-corrected chi connectivity index (χ4v) is 2.03. The van der Waals surface area contributed by atoms with Crippen LogP contribution in [-0.2, 0) is 12.7 Å². The second-order valence-corrected chi connectivity index (χ2v) is 5.40. The maximum absolute atomic E-state index is 13.0. The second-order valence-electron chi connectivity index (χ2n) is 4.41. The largest absolute Gasteiger partial charge is 0.416 e. The molecule has 0 saturated carbocycles. The van der Waals surface area contributed by atoms with Gasteiger partial charge in [0.2, 0.25) is 0 Å². The van der Waals surface area contributed by atoms with Gasteiger partial charge >= 0.3 is 6.18 Å². The van der Waals surface area contributed by atoms with Crippen LogP contribution in [0.2, 0.25) is 0 Å². The highest BCUT2D eigenvalue weighted by Crippen LogP contribution is 2.32. The maximum atomic E-state index is 13.0. The van der Waals surface area contributed by atoms with E-state index in [0.29, 0.717) is 25.1 Å². The summed E-state index contributed by atoms with van der Waals surface area (Å²) in [5.41, 5.74) is -1.05. The third-order valence-corrected chi connectivity index (χ3v) is 3.34. The number of benzene rings is 1. The van der Waals surface area contributed by atoms with E-state index in [1.165, 1.54) is 0 Å². The van der Waals surface area contributed by atoms with Crippen molar-refractivity contribution < 1.29 is 17.6 Å². The fourth-order valence-electron chi connectivity index (χ4n) is 1.73. The van der Waals surface area contributed by atoms with Gasteiger partial charge in [-0.05, 0) is 30.9 Å². The molecule has 22 heavy (non-hydrogen) atoms. The lowest BCUT2D eigenvalue weighted by atomic mass is 10.1. The highest BCUT2D eigenvalue weighted by Gasteiger charge is 2.33. The first-order valence-electron chi connectivity index (χ1n) is 6.75. The predicted molar refractivity (Wildman–Crippen MR) is 82.6 cm³/mol. The number of guanidine groups is 1. The molecule has 0 spiro atoms. The Balaban J connectivity index is 2.89. The van der Waals surface area contributed by atoms with E-state index in [9.17, 15) is 17.6 Å². The molecule has 0 aliphatic rings. The van der Waals surface area contributed by atoms with E-state index in [1.807, 2.05) is 13.2 Å². The Bertz CT molecular complexity index is 503. The molecule has 0 fully saturated rings. The molecular weight excluding hydrogens is 318 g/mol. The van der Waals surface area contributed by atoms with E-state index in [2.05, 4.69) is 15.6 Å². The summed E-state index contributed by atoms with van der Waals surface area (Å²) in [5.74, 6) is 0.383. The molecule has 1 aromatic carbocycles. The number of halogens is 4. The van der Waals surface area contributed by atoms with Crippen molar-refractivity contribution in [3.63, 3.8) is 0 Å². The molecule has 1 rings (SSSR count). The van der Waals surface area contributed by atoms with Crippen LogP contribution < -0.4 is 10.6 Å². The van der Waals surface area contributed by atoms with Gasteiger partial charge in [-0.25, -0.2) is 9.38 Å². The average molecular weight is 337 g/mol. The van der Waals surface area contributed by atoms with E-state index < -0.39 is 17.6 Å². The Kier molecular flexibility index (Phi) is 7.50. The van der Waals surface area contributed by atoms with Gasteiger partial charge in [0.1, 0.15) is 5.82 Å². The van der Waals surface area contributed by atoms with Crippen molar-refractivity contribution in [1.29, 1.82) is 0 Å². The Hall–Kier alpha value is -1.44. The molecule has 0 radical (unpaired) electrons. The summed E-state index contributed by atoms with van der Waals surface area (Å²) in [6.45, 7) is 2.94. The summed E-state index contributed by atoms with van der Waals surface area (Å²) in [4.78, 5) is 4.12. The number of aliphatic imine (C=N–C) groups is 1. The molecule has 0 heterocycles. The standard InChI is InChI=1S/C14H19F4N3S/c1-3-19-13(20-6-7-22-2)21-9-10-4-5-11(15)8-12(10)14(16,17)18/h4-5,8H,3,6-7,9H2,1-2H3,(H2,19,20,21). The number of hydrogen-bond donors (Lipinski definition) is 2. The van der Waals surface area contributed by atoms with Crippen LogP contribution in [0.1, 0.15) is 18.1 Å². The number of nitrogens with one attached hydrogen (secondary N) is 2. The van der Waals surface area contributed by atoms with Crippen molar-refractivity contribution in [1.82, 2.24) is 10.6 Å². The SMILES string of the molecule is CCNC(=NCc1ccc(F)cc1C(F)(F)F)NCCSC. The minimum absolute atomic E-state index is 0.0593. The van der Waals surface area contributed by atoms with Gasteiger partial charge in [0.25, 0.3) is 0 Å². The molecule has 0 saturated heterocycles. The zero-order valence-electron chi connectivity index (χ0n) is 12.4. The first kappa shape index (κ1) is 18.6. The van der Waals surface area contributed by atoms with E-state index in [0.717, 1.165) is 17.9 Å². The summed E-state index contributed by atoms with van der Waals surface area (Å²) in [7, 11) is 0. The van der Waals surface area contributed by atoms with Crippen LogP contribution in [0.4, 0.5) is 17.6 Å². The third kappa shape index (κ3) is 6.13. The number of alkyl halides is 3. The van der Waals surface area contributed by atoms with Crippen LogP contribution in [0.25, 0.3) is 0 Å². The lowest BCUT2D eigenvalue weighted by Crippen LogP contribution is -2.38. The molecule has 0 aliphatic heterocycles. The average Bonchev–Trinajstić information content (AvgIpc) is 2.45. The minimum Gasteiger partial charge on any atom is -0.357 e. The van der Waals surface area contributed by atoms with Crippen LogP contribution in [0, 0.1) is 5.82 Å². The summed E-state index contributed by atoms with van der Waals surface area (Å²) in [6, 6.07) is 2.63. The smallest absolute Gasteiger partial charge is 0.357 e. The van der Waals surface area contributed by atoms with E-state index in [1.54, 1.807) is 11.8 Å². The first-order chi connectivity index (χ1) is 10.4. The molecular formula is C14H19F4N3S. The molecule has 2 N–H and O–H groups in total. The van der Waals surface area contributed by atoms with Crippen molar-refractivity contribution >= 4 is 17.7 Å². The third-order valence-electron chi connectivity index (χ3n) is 2.73. The van der Waals surface area contributed by atoms with Gasteiger partial charge < -0.3 is 10.6 Å². The van der Waals surface area contributed by atoms with Gasteiger partial charge in [-0.3, -0.25) is 0 Å². The molecule has 124 valence electrons. The normalized spacial score (nSPS) is 12.4. The molecule has 0 atom stereocenters. The quantitative estimate of drug-likeness (QED) is 0.362. The molecule has 0 unspecified atom stereocenters. The molecule has 1 aromatic rings. The Labute approximate surface area is 131 Å². The van der Waals surface area contributed by atoms with E-state index >= 15 is 0 Å². The van der Waals surface area contributed by atoms with Gasteiger partial charge in [-0.15, -0.1) is 0 Å². The van der Waals surface area contributed by atoms with Crippen LogP contribution in [0.3, 0.4) is 0 Å². The van der Waals surface area contributed by atoms with Gasteiger partial charge in [-0.1, -0.05) is 6.07 Å². The van der Waals surface area contributed by atoms with Crippen LogP contribution in [-0.4, -0.2) is 31.1 Å². The Morgan fingerprint density at radius 2 is 2.00 bits per heavy atom. The molecule has 0 amide bonds. The highest BCUT2D eigenvalue weighted by atomic mass is 32.2. The van der Waals surface area contributed by atoms with Crippen molar-refractivity contribution in [2.24, 2.45) is 4.99 Å². The fraction of sp³-hybridized carbons (Fsp3) is 0.500. The molecule has 0 aromatic heterocycles. The Morgan fingerprint density at radius 3 is 2.59 bits per heavy atom. The first-order valence-corrected chi connectivity index (χ1v) is 8.14. The van der Waals surface area contributed by atoms with Crippen molar-refractivity contribution in [2.45, 2.75) is 19.6 Å². The van der Waals surface area contributed by atoms with E-state index in [4.69, 9.17) is 0 Å². The van der Waals surface area contributed by atoms with Crippen molar-refractivity contribution in [3.8, 4) is 0 Å². The minimum atomic E-state index is -4.60. The predicted octanol–water partition coefficient (Wildman–Crippen LogP) is 3.26. The summed E-state index contributed by atoms with van der Waals surface area (Å²) in [5, 5.41) is 5.98. The zero-order valence-corrected chi connectivity index (χ0v) is 13.2. The Morgan fingerprint density at radius 1 is 1.27 bits per heavy atom. The maximum Gasteiger partial charge on any atom is 0.416 e. The van der Waals surface area contributed by atoms with E-state index in [-0.39, 0.29) is 12.1 Å². The van der Waals surface area contributed by atoms with Crippen molar-refractivity contribution in [3.05, 3.63) is 35.1 Å². The summed E-state index contributed by atoms with van der Waals surface area (Å²) >= 11 is 1.65. The monoisotopic (exact) mass is 337 g/mol. The van der Waals surface area contributed by atoms with Gasteiger partial charge in [0.15, 0.2) is 5.96 Å². The van der Waals surface area contributed by atoms with Crippen LogP contribution in [0.15, 0.2) is 23.2 Å². The van der Waals surface area contributed by atoms with Gasteiger partial charge in [0.05, 0.1) is 12.1 Å². The van der Waals surface area contributed by atoms with Crippen LogP contribution in [0.5, 0.6) is 0 Å². The topological polar surface area (TPSA) is 36.4 Å². The second kappa shape index (κ2) is 8.87.